The van der Waals surface area contributed by atoms with Crippen molar-refractivity contribution < 1.29 is 0 Å². The number of rotatable bonds is 2. The van der Waals surface area contributed by atoms with E-state index in [1.807, 2.05) is 0 Å². The first-order chi connectivity index (χ1) is 3.13. The molecule has 0 aliphatic rings. The van der Waals surface area contributed by atoms with E-state index in [9.17, 15) is 0 Å². The van der Waals surface area contributed by atoms with Crippen molar-refractivity contribution in [1.82, 2.24) is 0 Å². The van der Waals surface area contributed by atoms with Gasteiger partial charge in [0.15, 0.2) is 0 Å². The van der Waals surface area contributed by atoms with Crippen molar-refractivity contribution in [3.05, 3.63) is 0 Å². The Hall–Kier alpha value is 0.870. The molecule has 1 radical (unpaired) electrons. The van der Waals surface area contributed by atoms with Crippen LogP contribution in [0.2, 0.25) is 7.35 Å². The molecule has 0 rings (SSSR count). The molecule has 0 fully saturated rings. The molecule has 0 aromatic rings. The van der Waals surface area contributed by atoms with Crippen LogP contribution in [-0.2, 0) is 0 Å². The summed E-state index contributed by atoms with van der Waals surface area (Å²) in [6.45, 7) is 9.39. The predicted octanol–water partition coefficient (Wildman–Crippen LogP) is 2.35. The summed E-state index contributed by atoms with van der Waals surface area (Å²) in [5, 5.41) is 0. The van der Waals surface area contributed by atoms with E-state index in [-0.39, 0.29) is 22.9 Å². The monoisotopic (exact) mass is 201 g/mol. The first-order valence-corrected chi connectivity index (χ1v) is 6.78. The maximum absolute atomic E-state index is 2.35. The first-order valence-electron chi connectivity index (χ1n) is 2.98. The molecule has 0 atom stereocenters. The van der Waals surface area contributed by atoms with Crippen LogP contribution in [0.3, 0.4) is 0 Å². The van der Waals surface area contributed by atoms with E-state index >= 15 is 0 Å². The molecular weight excluding hydrogens is 187 g/mol. The van der Waals surface area contributed by atoms with Crippen molar-refractivity contribution in [1.29, 1.82) is 0 Å². The molecule has 0 amide bonds. The molecule has 0 saturated carbocycles. The van der Waals surface area contributed by atoms with Crippen LogP contribution in [0.4, 0.5) is 0 Å². The van der Waals surface area contributed by atoms with Gasteiger partial charge < -0.3 is 0 Å². The Morgan fingerprint density at radius 2 is 1.14 bits per heavy atom. The van der Waals surface area contributed by atoms with Crippen molar-refractivity contribution >= 4 is 22.9 Å². The average molecular weight is 201 g/mol. The van der Waals surface area contributed by atoms with Crippen LogP contribution >= 0.6 is 0 Å². The Morgan fingerprint density at radius 3 is 1.14 bits per heavy atom. The fourth-order valence-corrected chi connectivity index (χ4v) is 5.16. The molecular formula is C6H14In. The van der Waals surface area contributed by atoms with Gasteiger partial charge >= 0.3 is 58.0 Å². The molecule has 0 aromatic carbocycles. The molecule has 0 N–H and O–H groups in total. The average Bonchev–Trinajstić information content (AvgIpc) is 1.27. The topological polar surface area (TPSA) is 0 Å². The molecule has 0 aromatic heterocycles. The van der Waals surface area contributed by atoms with E-state index in [0.717, 1.165) is 7.35 Å². The number of hydrogen-bond donors (Lipinski definition) is 0. The summed E-state index contributed by atoms with van der Waals surface area (Å²) < 4.78 is 2.13. The molecule has 0 unspecified atom stereocenters. The molecule has 7 heavy (non-hydrogen) atoms. The van der Waals surface area contributed by atoms with Crippen LogP contribution in [0.1, 0.15) is 27.7 Å². The quantitative estimate of drug-likeness (QED) is 0.643. The van der Waals surface area contributed by atoms with Crippen molar-refractivity contribution in [2.75, 3.05) is 0 Å². The fraction of sp³-hybridized carbons (Fsp3) is 1.00. The zero-order valence-corrected chi connectivity index (χ0v) is 9.03. The van der Waals surface area contributed by atoms with Crippen LogP contribution in [0, 0.1) is 0 Å². The zero-order valence-electron chi connectivity index (χ0n) is 5.73. The van der Waals surface area contributed by atoms with Gasteiger partial charge in [-0.15, -0.1) is 0 Å². The van der Waals surface area contributed by atoms with Crippen LogP contribution in [0.25, 0.3) is 0 Å². The summed E-state index contributed by atoms with van der Waals surface area (Å²) in [7, 11) is 0. The van der Waals surface area contributed by atoms with Gasteiger partial charge in [0.05, 0.1) is 0 Å². The second-order valence-electron chi connectivity index (χ2n) is 2.68. The summed E-state index contributed by atoms with van der Waals surface area (Å²) in [5.41, 5.74) is 0. The van der Waals surface area contributed by atoms with E-state index in [2.05, 4.69) is 27.7 Å². The van der Waals surface area contributed by atoms with E-state index in [4.69, 9.17) is 0 Å². The van der Waals surface area contributed by atoms with E-state index in [0.29, 0.717) is 0 Å². The van der Waals surface area contributed by atoms with Crippen molar-refractivity contribution in [3.63, 3.8) is 0 Å². The minimum atomic E-state index is -0.117. The Morgan fingerprint density at radius 1 is 0.857 bits per heavy atom. The Bertz CT molecular complexity index is 33.4. The molecule has 41 valence electrons. The van der Waals surface area contributed by atoms with Gasteiger partial charge in [-0.25, -0.2) is 0 Å². The van der Waals surface area contributed by atoms with Crippen LogP contribution in [-0.4, -0.2) is 22.9 Å². The molecule has 0 nitrogen and oxygen atoms in total. The Kier molecular flexibility index (Phi) is 4.30. The normalized spacial score (nSPS) is 10.6. The van der Waals surface area contributed by atoms with Gasteiger partial charge in [-0.1, -0.05) is 0 Å². The van der Waals surface area contributed by atoms with Crippen molar-refractivity contribution in [2.45, 2.75) is 35.0 Å². The standard InChI is InChI=1S/2C3H7.In/c2*1-3-2;/h2*3H,1-2H3;. The molecule has 0 aliphatic heterocycles. The van der Waals surface area contributed by atoms with Gasteiger partial charge in [-0.3, -0.25) is 0 Å². The van der Waals surface area contributed by atoms with Gasteiger partial charge in [0.25, 0.3) is 0 Å². The van der Waals surface area contributed by atoms with Gasteiger partial charge in [0.2, 0.25) is 0 Å². The Balaban J connectivity index is 2.95. The fourth-order valence-electron chi connectivity index (χ4n) is 0.770. The molecule has 0 aliphatic carbocycles. The second kappa shape index (κ2) is 3.82. The van der Waals surface area contributed by atoms with Crippen molar-refractivity contribution in [3.8, 4) is 0 Å². The van der Waals surface area contributed by atoms with Crippen molar-refractivity contribution in [2.24, 2.45) is 0 Å². The van der Waals surface area contributed by atoms with Crippen LogP contribution in [0.5, 0.6) is 0 Å². The van der Waals surface area contributed by atoms with Gasteiger partial charge in [-0.2, -0.15) is 0 Å². The molecule has 0 heterocycles. The van der Waals surface area contributed by atoms with Gasteiger partial charge in [0.1, 0.15) is 0 Å². The minimum absolute atomic E-state index is 0.117. The summed E-state index contributed by atoms with van der Waals surface area (Å²) in [5.74, 6) is 0. The maximum atomic E-state index is 2.35. The SMILES string of the molecule is C[CH](C)[In][CH](C)C. The van der Waals surface area contributed by atoms with E-state index < -0.39 is 0 Å². The molecule has 0 saturated heterocycles. The third-order valence-corrected chi connectivity index (χ3v) is 5.16. The summed E-state index contributed by atoms with van der Waals surface area (Å²) in [4.78, 5) is 0. The summed E-state index contributed by atoms with van der Waals surface area (Å²) >= 11 is -0.117. The first kappa shape index (κ1) is 7.87. The van der Waals surface area contributed by atoms with Gasteiger partial charge in [0, 0.05) is 0 Å². The molecule has 1 heteroatoms. The summed E-state index contributed by atoms with van der Waals surface area (Å²) in [6.07, 6.45) is 0. The zero-order chi connectivity index (χ0) is 5.86. The van der Waals surface area contributed by atoms with Crippen LogP contribution in [0.15, 0.2) is 0 Å². The van der Waals surface area contributed by atoms with E-state index in [1.54, 1.807) is 0 Å². The molecule has 0 bridgehead atoms. The third kappa shape index (κ3) is 6.87. The predicted molar refractivity (Wildman–Crippen MR) is 35.9 cm³/mol. The third-order valence-electron chi connectivity index (χ3n) is 0.770. The number of hydrogen-bond acceptors (Lipinski definition) is 0. The summed E-state index contributed by atoms with van der Waals surface area (Å²) in [6, 6.07) is 0. The van der Waals surface area contributed by atoms with E-state index in [1.165, 1.54) is 0 Å². The van der Waals surface area contributed by atoms with Crippen LogP contribution < -0.4 is 0 Å². The van der Waals surface area contributed by atoms with Gasteiger partial charge in [-0.05, 0) is 0 Å². The second-order valence-corrected chi connectivity index (χ2v) is 11.4. The Labute approximate surface area is 58.0 Å². The molecule has 0 spiro atoms.